The number of nitrogens with one attached hydrogen (secondary N) is 3. The van der Waals surface area contributed by atoms with Crippen molar-refractivity contribution in [1.29, 1.82) is 5.53 Å². The van der Waals surface area contributed by atoms with Gasteiger partial charge in [-0.3, -0.25) is 5.43 Å². The fraction of sp³-hybridized carbons (Fsp3) is 0. The number of hydrogen-bond donors (Lipinski definition) is 3. The van der Waals surface area contributed by atoms with Gasteiger partial charge in [0.25, 0.3) is 0 Å². The molecule has 5 heteroatoms. The number of anilines is 1. The Morgan fingerprint density at radius 1 is 1.33 bits per heavy atom. The van der Waals surface area contributed by atoms with Crippen molar-refractivity contribution in [3.63, 3.8) is 0 Å². The molecule has 0 bridgehead atoms. The summed E-state index contributed by atoms with van der Waals surface area (Å²) in [6, 6.07) is 8.36. The van der Waals surface area contributed by atoms with Crippen LogP contribution in [0.15, 0.2) is 35.4 Å². The highest BCUT2D eigenvalue weighted by atomic mass is 16.2. The van der Waals surface area contributed by atoms with Gasteiger partial charge in [0.1, 0.15) is 0 Å². The van der Waals surface area contributed by atoms with Crippen molar-refractivity contribution in [2.45, 2.75) is 0 Å². The number of para-hydroxylation sites is 1. The molecule has 0 unspecified atom stereocenters. The predicted octanol–water partition coefficient (Wildman–Crippen LogP) is 1.75. The van der Waals surface area contributed by atoms with Gasteiger partial charge >= 0.3 is 6.03 Å². The lowest BCUT2D eigenvalue weighted by Gasteiger charge is -2.03. The van der Waals surface area contributed by atoms with Crippen LogP contribution in [0.5, 0.6) is 0 Å². The van der Waals surface area contributed by atoms with E-state index >= 15 is 0 Å². The van der Waals surface area contributed by atoms with Crippen molar-refractivity contribution in [3.05, 3.63) is 30.3 Å². The summed E-state index contributed by atoms with van der Waals surface area (Å²) in [5.41, 5.74) is 11.9. The SMILES string of the molecule is N=NC(=O)NNc1ccccc1. The Morgan fingerprint density at radius 3 is 2.58 bits per heavy atom. The maximum atomic E-state index is 10.5. The average molecular weight is 164 g/mol. The molecule has 1 aromatic rings. The second-order valence-electron chi connectivity index (χ2n) is 2.03. The molecule has 0 aliphatic carbocycles. The van der Waals surface area contributed by atoms with Crippen molar-refractivity contribution in [1.82, 2.24) is 5.43 Å². The second-order valence-corrected chi connectivity index (χ2v) is 2.03. The standard InChI is InChI=1S/C7H8N4O/c8-9-7(12)11-10-6-4-2-1-3-5-6/h1-5,8,10H,(H,11,12). The van der Waals surface area contributed by atoms with Crippen molar-refractivity contribution >= 4 is 11.7 Å². The van der Waals surface area contributed by atoms with E-state index in [1.54, 1.807) is 12.1 Å². The lowest BCUT2D eigenvalue weighted by Crippen LogP contribution is -2.25. The van der Waals surface area contributed by atoms with Gasteiger partial charge in [-0.1, -0.05) is 23.3 Å². The molecule has 0 aliphatic rings. The number of hydrogen-bond acceptors (Lipinski definition) is 3. The molecule has 3 N–H and O–H groups in total. The Morgan fingerprint density at radius 2 is 2.00 bits per heavy atom. The van der Waals surface area contributed by atoms with E-state index in [9.17, 15) is 4.79 Å². The van der Waals surface area contributed by atoms with E-state index in [1.807, 2.05) is 18.2 Å². The molecule has 2 amide bonds. The number of rotatable bonds is 2. The van der Waals surface area contributed by atoms with Gasteiger partial charge in [-0.15, -0.1) is 0 Å². The van der Waals surface area contributed by atoms with Gasteiger partial charge in [-0.05, 0) is 12.1 Å². The van der Waals surface area contributed by atoms with Gasteiger partial charge in [-0.2, -0.15) is 5.53 Å². The smallest absolute Gasteiger partial charge is 0.297 e. The summed E-state index contributed by atoms with van der Waals surface area (Å²) in [5, 5.41) is 2.64. The monoisotopic (exact) mass is 164 g/mol. The molecule has 0 aromatic heterocycles. The van der Waals surface area contributed by atoms with Gasteiger partial charge in [0, 0.05) is 0 Å². The molecular formula is C7H8N4O. The normalized spacial score (nSPS) is 8.67. The third kappa shape index (κ3) is 2.37. The summed E-state index contributed by atoms with van der Waals surface area (Å²) in [6.45, 7) is 0. The number of amides is 2. The van der Waals surface area contributed by atoms with Crippen LogP contribution >= 0.6 is 0 Å². The zero-order chi connectivity index (χ0) is 8.81. The number of nitrogens with zero attached hydrogens (tertiary/aromatic N) is 1. The molecular weight excluding hydrogens is 156 g/mol. The molecule has 0 heterocycles. The molecule has 0 spiro atoms. The Bertz CT molecular complexity index is 272. The fourth-order valence-electron chi connectivity index (χ4n) is 0.675. The molecule has 0 atom stereocenters. The van der Waals surface area contributed by atoms with Crippen molar-refractivity contribution in [3.8, 4) is 0 Å². The topological polar surface area (TPSA) is 77.3 Å². The first-order valence-corrected chi connectivity index (χ1v) is 3.31. The summed E-state index contributed by atoms with van der Waals surface area (Å²) < 4.78 is 0. The van der Waals surface area contributed by atoms with E-state index in [2.05, 4.69) is 16.0 Å². The molecule has 12 heavy (non-hydrogen) atoms. The van der Waals surface area contributed by atoms with Crippen LogP contribution in [0.25, 0.3) is 0 Å². The lowest BCUT2D eigenvalue weighted by atomic mass is 10.3. The van der Waals surface area contributed by atoms with E-state index in [0.717, 1.165) is 5.69 Å². The molecule has 5 nitrogen and oxygen atoms in total. The lowest BCUT2D eigenvalue weighted by molar-refractivity contribution is 0.249. The third-order valence-electron chi connectivity index (χ3n) is 1.19. The average Bonchev–Trinajstić information content (AvgIpc) is 2.16. The Hall–Kier alpha value is -1.91. The molecule has 1 aromatic carbocycles. The molecule has 62 valence electrons. The number of carbonyl (C=O) groups excluding carboxylic acids is 1. The van der Waals surface area contributed by atoms with Crippen LogP contribution in [0, 0.1) is 5.53 Å². The summed E-state index contributed by atoms with van der Waals surface area (Å²) in [4.78, 5) is 10.5. The molecule has 0 aliphatic heterocycles. The zero-order valence-corrected chi connectivity index (χ0v) is 6.24. The molecule has 0 saturated heterocycles. The maximum absolute atomic E-state index is 10.5. The highest BCUT2D eigenvalue weighted by molar-refractivity contribution is 5.75. The van der Waals surface area contributed by atoms with Crippen LogP contribution in [-0.4, -0.2) is 6.03 Å². The minimum atomic E-state index is -0.723. The number of benzene rings is 1. The van der Waals surface area contributed by atoms with Crippen LogP contribution < -0.4 is 10.9 Å². The molecule has 1 rings (SSSR count). The van der Waals surface area contributed by atoms with Gasteiger partial charge in [0.05, 0.1) is 5.69 Å². The number of urea groups is 1. The largest absolute Gasteiger partial charge is 0.377 e. The molecule has 0 fully saturated rings. The van der Waals surface area contributed by atoms with Gasteiger partial charge < -0.3 is 0 Å². The Balaban J connectivity index is 2.43. The van der Waals surface area contributed by atoms with E-state index in [0.29, 0.717) is 0 Å². The Labute approximate surface area is 69.3 Å². The van der Waals surface area contributed by atoms with Crippen LogP contribution in [0.3, 0.4) is 0 Å². The first-order chi connectivity index (χ1) is 5.83. The van der Waals surface area contributed by atoms with Crippen LogP contribution in [0.4, 0.5) is 10.5 Å². The highest BCUT2D eigenvalue weighted by Gasteiger charge is 1.93. The molecule has 0 saturated carbocycles. The zero-order valence-electron chi connectivity index (χ0n) is 6.24. The second kappa shape index (κ2) is 4.07. The number of carbonyl (C=O) groups is 1. The Kier molecular flexibility index (Phi) is 2.78. The third-order valence-corrected chi connectivity index (χ3v) is 1.19. The van der Waals surface area contributed by atoms with Gasteiger partial charge in [-0.25, -0.2) is 10.2 Å². The van der Waals surface area contributed by atoms with Crippen LogP contribution in [-0.2, 0) is 0 Å². The summed E-state index contributed by atoms with van der Waals surface area (Å²) in [6.07, 6.45) is 0. The van der Waals surface area contributed by atoms with Crippen molar-refractivity contribution in [2.75, 3.05) is 5.43 Å². The van der Waals surface area contributed by atoms with Crippen LogP contribution in [0.1, 0.15) is 0 Å². The van der Waals surface area contributed by atoms with E-state index in [4.69, 9.17) is 5.53 Å². The van der Waals surface area contributed by atoms with Crippen molar-refractivity contribution < 1.29 is 4.79 Å². The highest BCUT2D eigenvalue weighted by Crippen LogP contribution is 2.02. The maximum Gasteiger partial charge on any atom is 0.377 e. The fourth-order valence-corrected chi connectivity index (χ4v) is 0.675. The minimum Gasteiger partial charge on any atom is -0.297 e. The minimum absolute atomic E-state index is 0.723. The quantitative estimate of drug-likeness (QED) is 0.460. The summed E-state index contributed by atoms with van der Waals surface area (Å²) in [5.74, 6) is 0. The molecule has 0 radical (unpaired) electrons. The number of hydrazine groups is 1. The van der Waals surface area contributed by atoms with Crippen LogP contribution in [0.2, 0.25) is 0 Å². The summed E-state index contributed by atoms with van der Waals surface area (Å²) in [7, 11) is 0. The van der Waals surface area contributed by atoms with Gasteiger partial charge in [0.15, 0.2) is 0 Å². The van der Waals surface area contributed by atoms with E-state index in [-0.39, 0.29) is 0 Å². The van der Waals surface area contributed by atoms with E-state index in [1.165, 1.54) is 0 Å². The van der Waals surface area contributed by atoms with E-state index < -0.39 is 6.03 Å². The first-order valence-electron chi connectivity index (χ1n) is 3.31. The predicted molar refractivity (Wildman–Crippen MR) is 43.7 cm³/mol. The van der Waals surface area contributed by atoms with Crippen molar-refractivity contribution in [2.24, 2.45) is 5.11 Å². The van der Waals surface area contributed by atoms with Gasteiger partial charge in [0.2, 0.25) is 0 Å². The summed E-state index contributed by atoms with van der Waals surface area (Å²) >= 11 is 0. The first kappa shape index (κ1) is 8.19.